The third-order valence-corrected chi connectivity index (χ3v) is 5.34. The van der Waals surface area contributed by atoms with Crippen LogP contribution in [0.5, 0.6) is 11.5 Å². The summed E-state index contributed by atoms with van der Waals surface area (Å²) in [6, 6.07) is 10.2. The van der Waals surface area contributed by atoms with Crippen LogP contribution in [0.15, 0.2) is 41.3 Å². The Morgan fingerprint density at radius 3 is 2.58 bits per heavy atom. The number of sulfonamides is 1. The number of methoxy groups -OCH3 is 1. The van der Waals surface area contributed by atoms with E-state index in [0.717, 1.165) is 16.9 Å². The molecule has 0 radical (unpaired) electrons. The summed E-state index contributed by atoms with van der Waals surface area (Å²) in [5.41, 5.74) is 2.16. The molecule has 0 aromatic heterocycles. The molecule has 7 heteroatoms. The molecule has 0 atom stereocenters. The maximum absolute atomic E-state index is 12.4. The summed E-state index contributed by atoms with van der Waals surface area (Å²) >= 11 is 5.88. The Hall–Kier alpha value is -1.76. The molecular formula is C17H20ClNO4S. The van der Waals surface area contributed by atoms with Crippen LogP contribution < -0.4 is 14.2 Å². The molecule has 0 heterocycles. The molecule has 130 valence electrons. The van der Waals surface area contributed by atoms with Crippen LogP contribution in [0.2, 0.25) is 5.02 Å². The SMILES string of the molecule is COc1ccc(Cl)cc1S(=O)(=O)NCCOc1cccc(C)c1C. The zero-order valence-corrected chi connectivity index (χ0v) is 15.4. The molecule has 0 bridgehead atoms. The van der Waals surface area contributed by atoms with Gasteiger partial charge in [-0.25, -0.2) is 13.1 Å². The third kappa shape index (κ3) is 4.41. The molecule has 0 aliphatic heterocycles. The third-order valence-electron chi connectivity index (χ3n) is 3.62. The van der Waals surface area contributed by atoms with Crippen LogP contribution in [0.1, 0.15) is 11.1 Å². The van der Waals surface area contributed by atoms with Gasteiger partial charge in [-0.05, 0) is 49.2 Å². The summed E-state index contributed by atoms with van der Waals surface area (Å²) in [6.45, 7) is 4.31. The minimum absolute atomic E-state index is 0.00392. The van der Waals surface area contributed by atoms with Crippen molar-refractivity contribution in [3.8, 4) is 11.5 Å². The summed E-state index contributed by atoms with van der Waals surface area (Å²) in [4.78, 5) is 0.00392. The average molecular weight is 370 g/mol. The summed E-state index contributed by atoms with van der Waals surface area (Å²) in [6.07, 6.45) is 0. The zero-order chi connectivity index (χ0) is 17.7. The number of rotatable bonds is 7. The first-order chi connectivity index (χ1) is 11.3. The fourth-order valence-electron chi connectivity index (χ4n) is 2.16. The van der Waals surface area contributed by atoms with E-state index in [2.05, 4.69) is 4.72 Å². The van der Waals surface area contributed by atoms with Crippen molar-refractivity contribution in [2.24, 2.45) is 0 Å². The van der Waals surface area contributed by atoms with Gasteiger partial charge in [0.05, 0.1) is 7.11 Å². The van der Waals surface area contributed by atoms with Crippen LogP contribution >= 0.6 is 11.6 Å². The molecule has 0 fully saturated rings. The van der Waals surface area contributed by atoms with Gasteiger partial charge in [-0.15, -0.1) is 0 Å². The Labute approximate surface area is 147 Å². The van der Waals surface area contributed by atoms with E-state index in [1.165, 1.54) is 19.2 Å². The Kier molecular flexibility index (Phi) is 6.10. The topological polar surface area (TPSA) is 64.6 Å². The maximum atomic E-state index is 12.4. The number of hydrogen-bond donors (Lipinski definition) is 1. The predicted molar refractivity (Wildman–Crippen MR) is 94.6 cm³/mol. The highest BCUT2D eigenvalue weighted by atomic mass is 35.5. The van der Waals surface area contributed by atoms with Crippen molar-refractivity contribution in [2.75, 3.05) is 20.3 Å². The lowest BCUT2D eigenvalue weighted by Gasteiger charge is -2.13. The maximum Gasteiger partial charge on any atom is 0.244 e. The molecule has 0 spiro atoms. The van der Waals surface area contributed by atoms with E-state index >= 15 is 0 Å². The van der Waals surface area contributed by atoms with Crippen molar-refractivity contribution in [2.45, 2.75) is 18.7 Å². The summed E-state index contributed by atoms with van der Waals surface area (Å²) in [5.74, 6) is 0.983. The van der Waals surface area contributed by atoms with E-state index in [1.54, 1.807) is 6.07 Å². The monoisotopic (exact) mass is 369 g/mol. The Morgan fingerprint density at radius 1 is 1.12 bits per heavy atom. The number of benzene rings is 2. The van der Waals surface area contributed by atoms with Gasteiger partial charge in [0.2, 0.25) is 10.0 Å². The van der Waals surface area contributed by atoms with E-state index < -0.39 is 10.0 Å². The van der Waals surface area contributed by atoms with Crippen molar-refractivity contribution in [3.05, 3.63) is 52.5 Å². The lowest BCUT2D eigenvalue weighted by Crippen LogP contribution is -2.28. The number of nitrogens with one attached hydrogen (secondary N) is 1. The van der Waals surface area contributed by atoms with Crippen LogP contribution in [-0.2, 0) is 10.0 Å². The predicted octanol–water partition coefficient (Wildman–Crippen LogP) is 3.32. The van der Waals surface area contributed by atoms with Crippen molar-refractivity contribution in [1.82, 2.24) is 4.72 Å². The average Bonchev–Trinajstić information content (AvgIpc) is 2.55. The molecule has 0 saturated heterocycles. The molecule has 0 unspecified atom stereocenters. The number of ether oxygens (including phenoxy) is 2. The highest BCUT2D eigenvalue weighted by Gasteiger charge is 2.19. The summed E-state index contributed by atoms with van der Waals surface area (Å²) < 4.78 is 38.0. The fraction of sp³-hybridized carbons (Fsp3) is 0.294. The molecule has 0 saturated carbocycles. The minimum atomic E-state index is -3.74. The van der Waals surface area contributed by atoms with Gasteiger partial charge in [-0.3, -0.25) is 0 Å². The molecule has 0 amide bonds. The molecule has 2 aromatic carbocycles. The van der Waals surface area contributed by atoms with Gasteiger partial charge in [-0.1, -0.05) is 23.7 Å². The zero-order valence-electron chi connectivity index (χ0n) is 13.8. The molecule has 0 aliphatic rings. The Bertz CT molecular complexity index is 821. The van der Waals surface area contributed by atoms with E-state index in [1.807, 2.05) is 32.0 Å². The second kappa shape index (κ2) is 7.88. The smallest absolute Gasteiger partial charge is 0.244 e. The first-order valence-corrected chi connectivity index (χ1v) is 9.23. The van der Waals surface area contributed by atoms with Crippen LogP contribution in [0, 0.1) is 13.8 Å². The fourth-order valence-corrected chi connectivity index (χ4v) is 3.60. The van der Waals surface area contributed by atoms with E-state index in [9.17, 15) is 8.42 Å². The van der Waals surface area contributed by atoms with Crippen LogP contribution in [-0.4, -0.2) is 28.7 Å². The highest BCUT2D eigenvalue weighted by molar-refractivity contribution is 7.89. The molecule has 5 nitrogen and oxygen atoms in total. The molecule has 24 heavy (non-hydrogen) atoms. The van der Waals surface area contributed by atoms with E-state index in [4.69, 9.17) is 21.1 Å². The number of hydrogen-bond acceptors (Lipinski definition) is 4. The van der Waals surface area contributed by atoms with Crippen LogP contribution in [0.3, 0.4) is 0 Å². The summed E-state index contributed by atoms with van der Waals surface area (Å²) in [7, 11) is -2.33. The Balaban J connectivity index is 2.01. The van der Waals surface area contributed by atoms with Gasteiger partial charge in [0.25, 0.3) is 0 Å². The molecular weight excluding hydrogens is 350 g/mol. The van der Waals surface area contributed by atoms with Gasteiger partial charge in [-0.2, -0.15) is 0 Å². The number of aryl methyl sites for hydroxylation is 1. The second-order valence-electron chi connectivity index (χ2n) is 5.24. The standard InChI is InChI=1S/C17H20ClNO4S/c1-12-5-4-6-15(13(12)2)23-10-9-19-24(20,21)17-11-14(18)7-8-16(17)22-3/h4-8,11,19H,9-10H2,1-3H3. The van der Waals surface area contributed by atoms with Crippen molar-refractivity contribution in [3.63, 3.8) is 0 Å². The van der Waals surface area contributed by atoms with Crippen LogP contribution in [0.25, 0.3) is 0 Å². The lowest BCUT2D eigenvalue weighted by molar-refractivity contribution is 0.320. The van der Waals surface area contributed by atoms with Crippen molar-refractivity contribution in [1.29, 1.82) is 0 Å². The molecule has 1 N–H and O–H groups in total. The van der Waals surface area contributed by atoms with Gasteiger partial charge in [0.1, 0.15) is 23.0 Å². The van der Waals surface area contributed by atoms with Gasteiger partial charge >= 0.3 is 0 Å². The Morgan fingerprint density at radius 2 is 1.88 bits per heavy atom. The van der Waals surface area contributed by atoms with Crippen molar-refractivity contribution >= 4 is 21.6 Å². The van der Waals surface area contributed by atoms with Crippen LogP contribution in [0.4, 0.5) is 0 Å². The molecule has 2 rings (SSSR count). The first-order valence-electron chi connectivity index (χ1n) is 7.37. The van der Waals surface area contributed by atoms with E-state index in [0.29, 0.717) is 5.02 Å². The lowest BCUT2D eigenvalue weighted by atomic mass is 10.1. The van der Waals surface area contributed by atoms with Gasteiger partial charge in [0, 0.05) is 11.6 Å². The molecule has 2 aromatic rings. The van der Waals surface area contributed by atoms with E-state index in [-0.39, 0.29) is 23.8 Å². The quantitative estimate of drug-likeness (QED) is 0.760. The highest BCUT2D eigenvalue weighted by Crippen LogP contribution is 2.26. The number of halogens is 1. The normalized spacial score (nSPS) is 11.3. The summed E-state index contributed by atoms with van der Waals surface area (Å²) in [5, 5.41) is 0.322. The second-order valence-corrected chi connectivity index (χ2v) is 7.41. The van der Waals surface area contributed by atoms with Gasteiger partial charge in [0.15, 0.2) is 0 Å². The van der Waals surface area contributed by atoms with Crippen molar-refractivity contribution < 1.29 is 17.9 Å². The van der Waals surface area contributed by atoms with Gasteiger partial charge < -0.3 is 9.47 Å². The molecule has 0 aliphatic carbocycles. The largest absolute Gasteiger partial charge is 0.495 e. The first kappa shape index (κ1) is 18.6. The minimum Gasteiger partial charge on any atom is -0.495 e.